The summed E-state index contributed by atoms with van der Waals surface area (Å²) in [5.74, 6) is 0.568. The number of halogens is 1. The van der Waals surface area contributed by atoms with Crippen LogP contribution in [-0.4, -0.2) is 39.2 Å². The molecule has 8 heteroatoms. The molecule has 0 saturated heterocycles. The van der Waals surface area contributed by atoms with Crippen LogP contribution in [0.5, 0.6) is 17.2 Å². The van der Waals surface area contributed by atoms with Gasteiger partial charge in [-0.05, 0) is 30.3 Å². The topological polar surface area (TPSA) is 85.9 Å². The monoisotopic (exact) mass is 378 g/mol. The molecule has 2 aromatic carbocycles. The first-order valence-electron chi connectivity index (χ1n) is 7.69. The summed E-state index contributed by atoms with van der Waals surface area (Å²) in [5, 5.41) is 5.55. The third-order valence-electron chi connectivity index (χ3n) is 3.31. The number of para-hydroxylation sites is 2. The zero-order valence-electron chi connectivity index (χ0n) is 14.4. The number of ether oxygens (including phenoxy) is 3. The number of rotatable bonds is 8. The van der Waals surface area contributed by atoms with Gasteiger partial charge in [-0.2, -0.15) is 0 Å². The number of nitrogens with one attached hydrogen (secondary N) is 2. The SMILES string of the molecule is COc1ccc(Cl)cc1NC(=O)CNC(=O)COc1ccccc1OC. The van der Waals surface area contributed by atoms with E-state index in [-0.39, 0.29) is 13.2 Å². The molecule has 0 bridgehead atoms. The average molecular weight is 379 g/mol. The minimum atomic E-state index is -0.441. The molecule has 0 aliphatic heterocycles. The molecule has 0 aliphatic rings. The van der Waals surface area contributed by atoms with E-state index in [1.54, 1.807) is 42.5 Å². The molecule has 0 atom stereocenters. The lowest BCUT2D eigenvalue weighted by Gasteiger charge is -2.12. The van der Waals surface area contributed by atoms with Gasteiger partial charge in [0.25, 0.3) is 5.91 Å². The number of methoxy groups -OCH3 is 2. The zero-order valence-corrected chi connectivity index (χ0v) is 15.1. The Bertz CT molecular complexity index is 782. The van der Waals surface area contributed by atoms with Gasteiger partial charge >= 0.3 is 0 Å². The van der Waals surface area contributed by atoms with Crippen LogP contribution in [0.25, 0.3) is 0 Å². The van der Waals surface area contributed by atoms with Gasteiger partial charge < -0.3 is 24.8 Å². The van der Waals surface area contributed by atoms with Crippen LogP contribution < -0.4 is 24.8 Å². The van der Waals surface area contributed by atoms with Crippen LogP contribution in [-0.2, 0) is 9.59 Å². The molecule has 0 fully saturated rings. The van der Waals surface area contributed by atoms with Crippen LogP contribution in [0.1, 0.15) is 0 Å². The lowest BCUT2D eigenvalue weighted by Crippen LogP contribution is -2.35. The maximum atomic E-state index is 12.0. The van der Waals surface area contributed by atoms with E-state index in [2.05, 4.69) is 10.6 Å². The van der Waals surface area contributed by atoms with E-state index in [1.807, 2.05) is 0 Å². The summed E-state index contributed by atoms with van der Waals surface area (Å²) in [4.78, 5) is 23.8. The highest BCUT2D eigenvalue weighted by atomic mass is 35.5. The maximum Gasteiger partial charge on any atom is 0.258 e. The van der Waals surface area contributed by atoms with E-state index in [1.165, 1.54) is 14.2 Å². The van der Waals surface area contributed by atoms with Crippen LogP contribution in [0, 0.1) is 0 Å². The van der Waals surface area contributed by atoms with E-state index in [4.69, 9.17) is 25.8 Å². The van der Waals surface area contributed by atoms with Gasteiger partial charge in [-0.1, -0.05) is 23.7 Å². The standard InChI is InChI=1S/C18H19ClN2O5/c1-24-14-8-7-12(19)9-13(14)21-17(22)10-20-18(23)11-26-16-6-4-3-5-15(16)25-2/h3-9H,10-11H2,1-2H3,(H,20,23)(H,21,22). The van der Waals surface area contributed by atoms with Gasteiger partial charge in [-0.3, -0.25) is 9.59 Å². The maximum absolute atomic E-state index is 12.0. The second-order valence-electron chi connectivity index (χ2n) is 5.11. The summed E-state index contributed by atoms with van der Waals surface area (Å²) in [6, 6.07) is 11.8. The Morgan fingerprint density at radius 3 is 2.35 bits per heavy atom. The minimum Gasteiger partial charge on any atom is -0.495 e. The summed E-state index contributed by atoms with van der Waals surface area (Å²) >= 11 is 5.91. The van der Waals surface area contributed by atoms with Gasteiger partial charge in [0.2, 0.25) is 5.91 Å². The normalized spacial score (nSPS) is 9.96. The summed E-state index contributed by atoms with van der Waals surface area (Å²) in [6.45, 7) is -0.460. The van der Waals surface area contributed by atoms with Crippen LogP contribution in [0.2, 0.25) is 5.02 Å². The summed E-state index contributed by atoms with van der Waals surface area (Å²) in [6.07, 6.45) is 0. The van der Waals surface area contributed by atoms with Crippen molar-refractivity contribution in [2.24, 2.45) is 0 Å². The van der Waals surface area contributed by atoms with Crippen LogP contribution in [0.15, 0.2) is 42.5 Å². The number of carbonyl (C=O) groups excluding carboxylic acids is 2. The Morgan fingerprint density at radius 2 is 1.65 bits per heavy atom. The van der Waals surface area contributed by atoms with Crippen molar-refractivity contribution in [1.29, 1.82) is 0 Å². The first kappa shape index (κ1) is 19.4. The highest BCUT2D eigenvalue weighted by Gasteiger charge is 2.11. The molecule has 0 radical (unpaired) electrons. The van der Waals surface area contributed by atoms with Crippen molar-refractivity contribution in [3.8, 4) is 17.2 Å². The number of amides is 2. The van der Waals surface area contributed by atoms with E-state index in [0.29, 0.717) is 28.0 Å². The third kappa shape index (κ3) is 5.56. The molecule has 0 spiro atoms. The number of anilines is 1. The summed E-state index contributed by atoms with van der Waals surface area (Å²) in [5.41, 5.74) is 0.421. The molecular formula is C18H19ClN2O5. The average Bonchev–Trinajstić information content (AvgIpc) is 2.65. The van der Waals surface area contributed by atoms with Gasteiger partial charge in [0.05, 0.1) is 26.5 Å². The molecule has 0 saturated carbocycles. The molecule has 2 amide bonds. The fraction of sp³-hybridized carbons (Fsp3) is 0.222. The first-order chi connectivity index (χ1) is 12.5. The molecular weight excluding hydrogens is 360 g/mol. The number of hydrogen-bond donors (Lipinski definition) is 2. The number of hydrogen-bond acceptors (Lipinski definition) is 5. The fourth-order valence-corrected chi connectivity index (χ4v) is 2.26. The predicted molar refractivity (Wildman–Crippen MR) is 98.1 cm³/mol. The highest BCUT2D eigenvalue weighted by molar-refractivity contribution is 6.31. The molecule has 2 aromatic rings. The lowest BCUT2D eigenvalue weighted by molar-refractivity contribution is -0.125. The number of carbonyl (C=O) groups is 2. The Morgan fingerprint density at radius 1 is 0.962 bits per heavy atom. The van der Waals surface area contributed by atoms with E-state index >= 15 is 0 Å². The van der Waals surface area contributed by atoms with Crippen molar-refractivity contribution in [3.63, 3.8) is 0 Å². The predicted octanol–water partition coefficient (Wildman–Crippen LogP) is 2.49. The Balaban J connectivity index is 1.82. The van der Waals surface area contributed by atoms with Gasteiger partial charge in [0.1, 0.15) is 5.75 Å². The molecule has 26 heavy (non-hydrogen) atoms. The van der Waals surface area contributed by atoms with Crippen molar-refractivity contribution in [3.05, 3.63) is 47.5 Å². The van der Waals surface area contributed by atoms with E-state index in [0.717, 1.165) is 0 Å². The van der Waals surface area contributed by atoms with Crippen molar-refractivity contribution in [2.45, 2.75) is 0 Å². The molecule has 0 heterocycles. The van der Waals surface area contributed by atoms with Crippen molar-refractivity contribution in [1.82, 2.24) is 5.32 Å². The Hall–Kier alpha value is -2.93. The third-order valence-corrected chi connectivity index (χ3v) is 3.54. The largest absolute Gasteiger partial charge is 0.495 e. The molecule has 0 aliphatic carbocycles. The number of benzene rings is 2. The van der Waals surface area contributed by atoms with Crippen LogP contribution >= 0.6 is 11.6 Å². The van der Waals surface area contributed by atoms with Gasteiger partial charge in [0, 0.05) is 5.02 Å². The van der Waals surface area contributed by atoms with Gasteiger partial charge in [0.15, 0.2) is 18.1 Å². The van der Waals surface area contributed by atoms with E-state index in [9.17, 15) is 9.59 Å². The van der Waals surface area contributed by atoms with Crippen molar-refractivity contribution in [2.75, 3.05) is 32.7 Å². The summed E-state index contributed by atoms with van der Waals surface area (Å²) < 4.78 is 15.7. The molecule has 2 N–H and O–H groups in total. The second-order valence-corrected chi connectivity index (χ2v) is 5.55. The highest BCUT2D eigenvalue weighted by Crippen LogP contribution is 2.27. The molecule has 0 unspecified atom stereocenters. The lowest BCUT2D eigenvalue weighted by atomic mass is 10.3. The van der Waals surface area contributed by atoms with Crippen LogP contribution in [0.4, 0.5) is 5.69 Å². The van der Waals surface area contributed by atoms with Crippen molar-refractivity contribution >= 4 is 29.1 Å². The van der Waals surface area contributed by atoms with Crippen molar-refractivity contribution < 1.29 is 23.8 Å². The quantitative estimate of drug-likeness (QED) is 0.737. The first-order valence-corrected chi connectivity index (χ1v) is 8.07. The fourth-order valence-electron chi connectivity index (χ4n) is 2.08. The smallest absolute Gasteiger partial charge is 0.258 e. The molecule has 2 rings (SSSR count). The molecule has 7 nitrogen and oxygen atoms in total. The minimum absolute atomic E-state index is 0.218. The Kier molecular flexibility index (Phi) is 7.11. The van der Waals surface area contributed by atoms with E-state index < -0.39 is 11.8 Å². The van der Waals surface area contributed by atoms with Gasteiger partial charge in [-0.15, -0.1) is 0 Å². The van der Waals surface area contributed by atoms with Gasteiger partial charge in [-0.25, -0.2) is 0 Å². The molecule has 138 valence electrons. The summed E-state index contributed by atoms with van der Waals surface area (Å²) in [7, 11) is 2.99. The Labute approximate surface area is 156 Å². The molecule has 0 aromatic heterocycles. The second kappa shape index (κ2) is 9.53. The zero-order chi connectivity index (χ0) is 18.9. The van der Waals surface area contributed by atoms with Crippen LogP contribution in [0.3, 0.4) is 0 Å².